The molecule has 0 radical (unpaired) electrons. The van der Waals surface area contributed by atoms with Crippen LogP contribution >= 0.6 is 0 Å². The molecule has 0 aromatic rings. The van der Waals surface area contributed by atoms with Crippen molar-refractivity contribution in [3.05, 3.63) is 0 Å². The molecular weight excluding hydrogens is 198 g/mol. The number of nitrogens with two attached hydrogens (primary N) is 2. The quantitative estimate of drug-likeness (QED) is 0.474. The van der Waals surface area contributed by atoms with Gasteiger partial charge in [0.1, 0.15) is 0 Å². The van der Waals surface area contributed by atoms with Gasteiger partial charge in [0.2, 0.25) is 14.9 Å². The third-order valence-electron chi connectivity index (χ3n) is 1.61. The van der Waals surface area contributed by atoms with Crippen molar-refractivity contribution in [2.45, 2.75) is 4.87 Å². The first-order valence-corrected chi connectivity index (χ1v) is 4.78. The van der Waals surface area contributed by atoms with Crippen molar-refractivity contribution in [3.63, 3.8) is 0 Å². The lowest BCUT2D eigenvalue weighted by Gasteiger charge is -2.26. The number of carboxylic acids is 1. The monoisotopic (exact) mass is 211 g/mol. The summed E-state index contributed by atoms with van der Waals surface area (Å²) in [5, 5.41) is 8.61. The zero-order valence-electron chi connectivity index (χ0n) is 7.39. The molecule has 0 bridgehead atoms. The summed E-state index contributed by atoms with van der Waals surface area (Å²) >= 11 is 0. The lowest BCUT2D eigenvalue weighted by molar-refractivity contribution is -0.139. The van der Waals surface area contributed by atoms with E-state index in [0.29, 0.717) is 0 Å². The van der Waals surface area contributed by atoms with Gasteiger partial charge < -0.3 is 16.6 Å². The van der Waals surface area contributed by atoms with Crippen LogP contribution in [0.25, 0.3) is 0 Å². The lowest BCUT2D eigenvalue weighted by atomic mass is 10.3. The molecule has 0 fully saturated rings. The molecule has 78 valence electrons. The molecule has 0 aliphatic rings. The van der Waals surface area contributed by atoms with E-state index in [2.05, 4.69) is 0 Å². The third-order valence-corrected chi connectivity index (χ3v) is 3.83. The van der Waals surface area contributed by atoms with Crippen molar-refractivity contribution in [3.8, 4) is 0 Å². The Bertz CT molecular complexity index is 299. The number of carbonyl (C=O) groups is 1. The smallest absolute Gasteiger partial charge is 0.342 e. The summed E-state index contributed by atoms with van der Waals surface area (Å²) in [6.07, 6.45) is 0. The second-order valence-electron chi connectivity index (χ2n) is 2.69. The van der Waals surface area contributed by atoms with Gasteiger partial charge in [-0.3, -0.25) is 0 Å². The fraction of sp³-hybridized carbons (Fsp3) is 0.800. The Labute approximate surface area is 76.4 Å². The average Bonchev–Trinajstić information content (AvgIpc) is 2.01. The number of carboxylic acid groups (broad SMARTS) is 1. The number of rotatable bonds is 4. The van der Waals surface area contributed by atoms with Crippen molar-refractivity contribution in [2.75, 3.05) is 20.6 Å². The van der Waals surface area contributed by atoms with E-state index in [4.69, 9.17) is 16.6 Å². The molecule has 1 unspecified atom stereocenters. The minimum Gasteiger partial charge on any atom is -0.479 e. The van der Waals surface area contributed by atoms with Crippen molar-refractivity contribution in [2.24, 2.45) is 11.5 Å². The maximum atomic E-state index is 11.4. The van der Waals surface area contributed by atoms with Gasteiger partial charge in [-0.15, -0.1) is 0 Å². The highest BCUT2D eigenvalue weighted by molar-refractivity contribution is 7.91. The molecule has 0 aliphatic heterocycles. The van der Waals surface area contributed by atoms with Crippen LogP contribution in [0.2, 0.25) is 0 Å². The van der Waals surface area contributed by atoms with Gasteiger partial charge >= 0.3 is 5.97 Å². The van der Waals surface area contributed by atoms with Gasteiger partial charge in [-0.25, -0.2) is 17.5 Å². The highest BCUT2D eigenvalue weighted by Gasteiger charge is 2.47. The summed E-state index contributed by atoms with van der Waals surface area (Å²) in [7, 11) is -1.72. The highest BCUT2D eigenvalue weighted by atomic mass is 32.2. The normalized spacial score (nSPS) is 17.0. The topological polar surface area (TPSA) is 127 Å². The van der Waals surface area contributed by atoms with Crippen LogP contribution in [-0.2, 0) is 14.8 Å². The number of nitrogens with zero attached hydrogens (tertiary/aromatic N) is 1. The minimum absolute atomic E-state index is 0.678. The van der Waals surface area contributed by atoms with Crippen molar-refractivity contribution < 1.29 is 18.3 Å². The number of hydrogen-bond donors (Lipinski definition) is 3. The van der Waals surface area contributed by atoms with E-state index in [9.17, 15) is 13.2 Å². The molecule has 0 aromatic carbocycles. The number of sulfonamides is 1. The fourth-order valence-electron chi connectivity index (χ4n) is 0.629. The van der Waals surface area contributed by atoms with Crippen LogP contribution in [0.5, 0.6) is 0 Å². The predicted octanol–water partition coefficient (Wildman–Crippen LogP) is -2.42. The van der Waals surface area contributed by atoms with Crippen LogP contribution in [0.15, 0.2) is 0 Å². The van der Waals surface area contributed by atoms with Crippen LogP contribution < -0.4 is 11.5 Å². The SMILES string of the molecule is CN(C)S(=O)(=O)C(N)(CN)C(=O)O. The van der Waals surface area contributed by atoms with E-state index in [1.807, 2.05) is 0 Å². The van der Waals surface area contributed by atoms with Crippen molar-refractivity contribution >= 4 is 16.0 Å². The van der Waals surface area contributed by atoms with Gasteiger partial charge in [0.25, 0.3) is 0 Å². The standard InChI is InChI=1S/C5H13N3O4S/c1-8(2)13(11,12)5(7,3-6)4(9)10/h3,6-7H2,1-2H3,(H,9,10). The summed E-state index contributed by atoms with van der Waals surface area (Å²) in [5.41, 5.74) is 10.2. The van der Waals surface area contributed by atoms with E-state index in [-0.39, 0.29) is 0 Å². The summed E-state index contributed by atoms with van der Waals surface area (Å²) < 4.78 is 23.5. The van der Waals surface area contributed by atoms with E-state index < -0.39 is 27.4 Å². The Hall–Kier alpha value is -0.700. The van der Waals surface area contributed by atoms with Gasteiger partial charge in [0.15, 0.2) is 0 Å². The minimum atomic E-state index is -4.10. The maximum absolute atomic E-state index is 11.4. The van der Waals surface area contributed by atoms with E-state index in [0.717, 1.165) is 4.31 Å². The Morgan fingerprint density at radius 2 is 1.92 bits per heavy atom. The fourth-order valence-corrected chi connectivity index (χ4v) is 1.71. The zero-order chi connectivity index (χ0) is 10.9. The van der Waals surface area contributed by atoms with Gasteiger partial charge in [-0.05, 0) is 0 Å². The molecule has 0 saturated heterocycles. The van der Waals surface area contributed by atoms with Gasteiger partial charge in [-0.2, -0.15) is 0 Å². The first kappa shape index (κ1) is 12.3. The Morgan fingerprint density at radius 1 is 1.54 bits per heavy atom. The second-order valence-corrected chi connectivity index (χ2v) is 5.10. The molecule has 13 heavy (non-hydrogen) atoms. The molecule has 0 amide bonds. The summed E-state index contributed by atoms with van der Waals surface area (Å²) in [5.74, 6) is -1.66. The lowest BCUT2D eigenvalue weighted by Crippen LogP contribution is -2.62. The van der Waals surface area contributed by atoms with E-state index in [1.165, 1.54) is 14.1 Å². The summed E-state index contributed by atoms with van der Waals surface area (Å²) in [6.45, 7) is -0.678. The predicted molar refractivity (Wildman–Crippen MR) is 46.2 cm³/mol. The summed E-state index contributed by atoms with van der Waals surface area (Å²) in [6, 6.07) is 0. The Kier molecular flexibility index (Phi) is 3.39. The molecule has 1 atom stereocenters. The molecule has 0 heterocycles. The molecule has 0 spiro atoms. The number of aliphatic carboxylic acids is 1. The van der Waals surface area contributed by atoms with Gasteiger partial charge in [0, 0.05) is 20.6 Å². The highest BCUT2D eigenvalue weighted by Crippen LogP contribution is 2.12. The Morgan fingerprint density at radius 3 is 2.00 bits per heavy atom. The first-order chi connectivity index (χ1) is 5.70. The molecule has 0 saturated carbocycles. The molecule has 8 heteroatoms. The van der Waals surface area contributed by atoms with E-state index >= 15 is 0 Å². The summed E-state index contributed by atoms with van der Waals surface area (Å²) in [4.78, 5) is 8.14. The second kappa shape index (κ2) is 3.58. The van der Waals surface area contributed by atoms with Crippen molar-refractivity contribution in [1.82, 2.24) is 4.31 Å². The van der Waals surface area contributed by atoms with Crippen LogP contribution in [-0.4, -0.2) is 49.3 Å². The van der Waals surface area contributed by atoms with Crippen LogP contribution in [0.4, 0.5) is 0 Å². The van der Waals surface area contributed by atoms with Gasteiger partial charge in [0.05, 0.1) is 0 Å². The Balaban J connectivity index is 5.35. The molecule has 7 nitrogen and oxygen atoms in total. The number of hydrogen-bond acceptors (Lipinski definition) is 5. The zero-order valence-corrected chi connectivity index (χ0v) is 8.21. The third kappa shape index (κ3) is 1.80. The van der Waals surface area contributed by atoms with Crippen LogP contribution in [0.1, 0.15) is 0 Å². The van der Waals surface area contributed by atoms with E-state index in [1.54, 1.807) is 0 Å². The van der Waals surface area contributed by atoms with Crippen LogP contribution in [0.3, 0.4) is 0 Å². The average molecular weight is 211 g/mol. The van der Waals surface area contributed by atoms with Crippen LogP contribution in [0, 0.1) is 0 Å². The van der Waals surface area contributed by atoms with Gasteiger partial charge in [-0.1, -0.05) is 0 Å². The van der Waals surface area contributed by atoms with Crippen molar-refractivity contribution in [1.29, 1.82) is 0 Å². The molecule has 0 rings (SSSR count). The molecule has 5 N–H and O–H groups in total. The maximum Gasteiger partial charge on any atom is 0.342 e. The molecule has 0 aromatic heterocycles. The first-order valence-electron chi connectivity index (χ1n) is 3.34. The largest absolute Gasteiger partial charge is 0.479 e. The molecular formula is C5H13N3O4S. The molecule has 0 aliphatic carbocycles.